The van der Waals surface area contributed by atoms with Crippen LogP contribution in [0.3, 0.4) is 0 Å². The van der Waals surface area contributed by atoms with E-state index in [2.05, 4.69) is 20.6 Å². The molecule has 0 unspecified atom stereocenters. The average Bonchev–Trinajstić information content (AvgIpc) is 2.71. The number of hydrogen-bond donors (Lipinski definition) is 1. The van der Waals surface area contributed by atoms with Crippen molar-refractivity contribution < 1.29 is 5.10 Å². The number of aromatic nitrogens is 4. The van der Waals surface area contributed by atoms with Crippen molar-refractivity contribution in [1.29, 1.82) is 5.26 Å². The number of H-pyrrole nitrogens is 2. The Bertz CT molecular complexity index is 423. The summed E-state index contributed by atoms with van der Waals surface area (Å²) < 4.78 is 0. The molecule has 2 N–H and O–H groups in total. The molecule has 0 radical (unpaired) electrons. The van der Waals surface area contributed by atoms with Gasteiger partial charge in [-0.25, -0.2) is 0 Å². The molecule has 0 bridgehead atoms. The molecular weight excluding hydrogens is 166 g/mol. The summed E-state index contributed by atoms with van der Waals surface area (Å²) in [5.74, 6) is 0.657. The van der Waals surface area contributed by atoms with Crippen LogP contribution in [0.25, 0.3) is 11.4 Å². The van der Waals surface area contributed by atoms with E-state index in [1.165, 1.54) is 0 Å². The standard InChI is InChI=1S/C8H5N5/c9-5-6-1-3-7(4-2-6)8-10-12-13-11-8/h1-4H,(H,10,11,12,13)/p+1. The van der Waals surface area contributed by atoms with Crippen LogP contribution < -0.4 is 5.10 Å². The van der Waals surface area contributed by atoms with Crippen molar-refractivity contribution >= 4 is 0 Å². The Morgan fingerprint density at radius 2 is 2.08 bits per heavy atom. The van der Waals surface area contributed by atoms with Crippen molar-refractivity contribution in [2.24, 2.45) is 0 Å². The lowest BCUT2D eigenvalue weighted by Crippen LogP contribution is -2.05. The Morgan fingerprint density at radius 1 is 1.31 bits per heavy atom. The summed E-state index contributed by atoms with van der Waals surface area (Å²) in [7, 11) is 0. The highest BCUT2D eigenvalue weighted by Crippen LogP contribution is 2.11. The van der Waals surface area contributed by atoms with E-state index in [1.807, 2.05) is 18.2 Å². The molecule has 5 nitrogen and oxygen atoms in total. The van der Waals surface area contributed by atoms with Crippen LogP contribution in [-0.2, 0) is 0 Å². The molecule has 2 aromatic rings. The second-order valence-electron chi connectivity index (χ2n) is 2.47. The third-order valence-electron chi connectivity index (χ3n) is 1.66. The maximum Gasteiger partial charge on any atom is 0.329 e. The van der Waals surface area contributed by atoms with E-state index in [9.17, 15) is 0 Å². The zero-order valence-corrected chi connectivity index (χ0v) is 6.65. The Hall–Kier alpha value is -2.22. The number of rotatable bonds is 1. The van der Waals surface area contributed by atoms with Gasteiger partial charge in [-0.1, -0.05) is 5.21 Å². The van der Waals surface area contributed by atoms with Crippen molar-refractivity contribution in [3.63, 3.8) is 0 Å². The van der Waals surface area contributed by atoms with Crippen LogP contribution in [0.15, 0.2) is 24.3 Å². The zero-order chi connectivity index (χ0) is 9.10. The predicted molar refractivity (Wildman–Crippen MR) is 43.1 cm³/mol. The number of benzene rings is 1. The summed E-state index contributed by atoms with van der Waals surface area (Å²) in [5.41, 5.74) is 1.53. The van der Waals surface area contributed by atoms with Crippen molar-refractivity contribution in [3.8, 4) is 17.5 Å². The van der Waals surface area contributed by atoms with E-state index in [1.54, 1.807) is 12.1 Å². The summed E-state index contributed by atoms with van der Waals surface area (Å²) in [6.45, 7) is 0. The van der Waals surface area contributed by atoms with Gasteiger partial charge in [0.1, 0.15) is 5.10 Å². The molecule has 2 rings (SSSR count). The molecule has 0 spiro atoms. The Kier molecular flexibility index (Phi) is 1.73. The number of aromatic amines is 2. The number of hydrogen-bond acceptors (Lipinski definition) is 3. The van der Waals surface area contributed by atoms with Crippen LogP contribution in [0.5, 0.6) is 0 Å². The van der Waals surface area contributed by atoms with E-state index in [-0.39, 0.29) is 0 Å². The monoisotopic (exact) mass is 172 g/mol. The highest BCUT2D eigenvalue weighted by atomic mass is 15.5. The third-order valence-corrected chi connectivity index (χ3v) is 1.66. The number of nitriles is 1. The van der Waals surface area contributed by atoms with Gasteiger partial charge in [0.25, 0.3) is 0 Å². The van der Waals surface area contributed by atoms with E-state index in [4.69, 9.17) is 5.26 Å². The molecule has 1 aromatic carbocycles. The lowest BCUT2D eigenvalue weighted by molar-refractivity contribution is -0.444. The van der Waals surface area contributed by atoms with Gasteiger partial charge in [0.15, 0.2) is 5.21 Å². The van der Waals surface area contributed by atoms with Gasteiger partial charge in [0, 0.05) is 0 Å². The summed E-state index contributed by atoms with van der Waals surface area (Å²) in [6.07, 6.45) is 0. The number of tetrazole rings is 1. The Labute approximate surface area is 74.0 Å². The first-order chi connectivity index (χ1) is 6.40. The quantitative estimate of drug-likeness (QED) is 0.665. The summed E-state index contributed by atoms with van der Waals surface area (Å²) in [4.78, 5) is 0. The van der Waals surface area contributed by atoms with Gasteiger partial charge in [-0.2, -0.15) is 10.4 Å². The van der Waals surface area contributed by atoms with Crippen molar-refractivity contribution in [1.82, 2.24) is 15.5 Å². The van der Waals surface area contributed by atoms with Crippen molar-refractivity contribution in [2.75, 3.05) is 0 Å². The minimum atomic E-state index is 0.632. The Balaban J connectivity index is 2.40. The van der Waals surface area contributed by atoms with Crippen LogP contribution in [0.1, 0.15) is 5.56 Å². The molecule has 0 atom stereocenters. The summed E-state index contributed by atoms with van der Waals surface area (Å²) in [5, 5.41) is 21.2. The molecule has 1 aromatic heterocycles. The molecule has 62 valence electrons. The first-order valence-corrected chi connectivity index (χ1v) is 3.69. The molecule has 0 saturated carbocycles. The maximum absolute atomic E-state index is 8.57. The fourth-order valence-corrected chi connectivity index (χ4v) is 1.01. The van der Waals surface area contributed by atoms with Gasteiger partial charge in [0.05, 0.1) is 17.2 Å². The number of nitrogens with zero attached hydrogens (tertiary/aromatic N) is 3. The highest BCUT2D eigenvalue weighted by Gasteiger charge is 2.07. The molecule has 0 aliphatic carbocycles. The molecule has 0 aliphatic heterocycles. The molecule has 5 heteroatoms. The normalized spacial score (nSPS) is 9.46. The predicted octanol–water partition coefficient (Wildman–Crippen LogP) is 0.157. The largest absolute Gasteiger partial charge is 0.329 e. The first kappa shape index (κ1) is 7.43. The van der Waals surface area contributed by atoms with Gasteiger partial charge in [0.2, 0.25) is 0 Å². The fraction of sp³-hybridized carbons (Fsp3) is 0. The summed E-state index contributed by atoms with van der Waals surface area (Å²) >= 11 is 0. The van der Waals surface area contributed by atoms with Crippen LogP contribution in [0.4, 0.5) is 0 Å². The van der Waals surface area contributed by atoms with Crippen LogP contribution in [0.2, 0.25) is 0 Å². The molecule has 0 amide bonds. The van der Waals surface area contributed by atoms with Gasteiger partial charge in [-0.15, -0.1) is 0 Å². The third kappa shape index (κ3) is 1.37. The fourth-order valence-electron chi connectivity index (χ4n) is 1.01. The minimum Gasteiger partial charge on any atom is -0.192 e. The van der Waals surface area contributed by atoms with E-state index in [0.717, 1.165) is 5.56 Å². The minimum absolute atomic E-state index is 0.632. The molecule has 13 heavy (non-hydrogen) atoms. The zero-order valence-electron chi connectivity index (χ0n) is 6.65. The van der Waals surface area contributed by atoms with Crippen molar-refractivity contribution in [3.05, 3.63) is 29.8 Å². The van der Waals surface area contributed by atoms with Crippen LogP contribution >= 0.6 is 0 Å². The van der Waals surface area contributed by atoms with Crippen LogP contribution in [-0.4, -0.2) is 15.5 Å². The molecular formula is C8H6N5+. The molecule has 0 fully saturated rings. The van der Waals surface area contributed by atoms with E-state index in [0.29, 0.717) is 11.4 Å². The first-order valence-electron chi connectivity index (χ1n) is 3.69. The van der Waals surface area contributed by atoms with Gasteiger partial charge < -0.3 is 0 Å². The smallest absolute Gasteiger partial charge is 0.192 e. The average molecular weight is 172 g/mol. The highest BCUT2D eigenvalue weighted by molar-refractivity contribution is 5.52. The Morgan fingerprint density at radius 3 is 2.62 bits per heavy atom. The lowest BCUT2D eigenvalue weighted by Gasteiger charge is -1.89. The molecule has 0 aliphatic rings. The SMILES string of the molecule is N#Cc1ccc(-c2nn[nH][nH+]2)cc1. The lowest BCUT2D eigenvalue weighted by atomic mass is 10.1. The second kappa shape index (κ2) is 3.03. The van der Waals surface area contributed by atoms with E-state index >= 15 is 0 Å². The second-order valence-corrected chi connectivity index (χ2v) is 2.47. The van der Waals surface area contributed by atoms with Gasteiger partial charge >= 0.3 is 5.82 Å². The van der Waals surface area contributed by atoms with Gasteiger partial charge in [-0.05, 0) is 24.3 Å². The topological polar surface area (TPSA) is 79.5 Å². The molecule has 0 saturated heterocycles. The molecule has 1 heterocycles. The van der Waals surface area contributed by atoms with Crippen molar-refractivity contribution in [2.45, 2.75) is 0 Å². The van der Waals surface area contributed by atoms with Gasteiger partial charge in [-0.3, -0.25) is 0 Å². The summed E-state index contributed by atoms with van der Waals surface area (Å²) in [6, 6.07) is 9.14. The maximum atomic E-state index is 8.57. The number of nitrogens with one attached hydrogen (secondary N) is 2. The van der Waals surface area contributed by atoms with E-state index < -0.39 is 0 Å². The van der Waals surface area contributed by atoms with Crippen LogP contribution in [0, 0.1) is 11.3 Å².